The second-order valence-corrected chi connectivity index (χ2v) is 9.45. The van der Waals surface area contributed by atoms with Crippen molar-refractivity contribution in [2.75, 3.05) is 5.32 Å². The van der Waals surface area contributed by atoms with Crippen LogP contribution in [0, 0.1) is 0 Å². The molecule has 0 saturated carbocycles. The summed E-state index contributed by atoms with van der Waals surface area (Å²) < 4.78 is 10.3. The fourth-order valence-corrected chi connectivity index (χ4v) is 3.96. The fourth-order valence-electron chi connectivity index (χ4n) is 3.96. The lowest BCUT2D eigenvalue weighted by atomic mass is 10.1. The van der Waals surface area contributed by atoms with Gasteiger partial charge < -0.3 is 19.9 Å². The number of carboxylic acids is 1. The lowest BCUT2D eigenvalue weighted by Gasteiger charge is -2.23. The number of anilines is 1. The first-order valence-corrected chi connectivity index (χ1v) is 13.5. The van der Waals surface area contributed by atoms with Crippen molar-refractivity contribution in [1.29, 1.82) is 0 Å². The molecule has 3 amide bonds. The van der Waals surface area contributed by atoms with E-state index >= 15 is 0 Å². The summed E-state index contributed by atoms with van der Waals surface area (Å²) in [6, 6.07) is 29.7. The van der Waals surface area contributed by atoms with Gasteiger partial charge in [0.15, 0.2) is 0 Å². The molecule has 4 rings (SSSR count). The Morgan fingerprint density at radius 1 is 0.578 bits per heavy atom. The topological polar surface area (TPSA) is 177 Å². The molecule has 4 aromatic rings. The van der Waals surface area contributed by atoms with Gasteiger partial charge in [-0.05, 0) is 54.1 Å². The third-order valence-corrected chi connectivity index (χ3v) is 6.20. The zero-order chi connectivity index (χ0) is 32.2. The highest BCUT2D eigenvalue weighted by Gasteiger charge is 2.41. The SMILES string of the molecule is O=C(Cc1ccccc1)Nc1ccc(C(=O)NNC(=O)[C@H](OC(=O)c2ccccc2)[C@H](OC(=O)c2ccccc2)C(=O)O)cc1. The van der Waals surface area contributed by atoms with Crippen LogP contribution < -0.4 is 16.2 Å². The number of nitrogens with one attached hydrogen (secondary N) is 3. The summed E-state index contributed by atoms with van der Waals surface area (Å²) in [6.07, 6.45) is -4.32. The van der Waals surface area contributed by atoms with Gasteiger partial charge in [0.1, 0.15) is 0 Å². The number of carboxylic acid groups (broad SMARTS) is 1. The first-order valence-electron chi connectivity index (χ1n) is 13.5. The smallest absolute Gasteiger partial charge is 0.349 e. The van der Waals surface area contributed by atoms with Gasteiger partial charge in [-0.15, -0.1) is 0 Å². The van der Waals surface area contributed by atoms with Crippen LogP contribution >= 0.6 is 0 Å². The van der Waals surface area contributed by atoms with Gasteiger partial charge in [-0.3, -0.25) is 25.2 Å². The average molecular weight is 610 g/mol. The Labute approximate surface area is 256 Å². The van der Waals surface area contributed by atoms with E-state index in [1.165, 1.54) is 72.8 Å². The molecular formula is C33H27N3O9. The molecule has 0 aliphatic rings. The molecule has 0 bridgehead atoms. The minimum atomic E-state index is -2.28. The first kappa shape index (κ1) is 31.6. The van der Waals surface area contributed by atoms with E-state index in [9.17, 15) is 33.9 Å². The maximum atomic E-state index is 13.1. The number of rotatable bonds is 11. The maximum absolute atomic E-state index is 13.1. The zero-order valence-electron chi connectivity index (χ0n) is 23.5. The van der Waals surface area contributed by atoms with E-state index in [0.29, 0.717) is 5.69 Å². The molecule has 0 radical (unpaired) electrons. The number of hydrogen-bond donors (Lipinski definition) is 4. The minimum Gasteiger partial charge on any atom is -0.478 e. The number of ether oxygens (including phenoxy) is 2. The predicted octanol–water partition coefficient (Wildman–Crippen LogP) is 3.16. The molecule has 45 heavy (non-hydrogen) atoms. The molecular weight excluding hydrogens is 582 g/mol. The second kappa shape index (κ2) is 15.3. The number of hydrazine groups is 1. The third kappa shape index (κ3) is 9.09. The summed E-state index contributed by atoms with van der Waals surface area (Å²) in [5.41, 5.74) is 5.44. The van der Waals surface area contributed by atoms with Gasteiger partial charge in [0, 0.05) is 11.3 Å². The van der Waals surface area contributed by atoms with E-state index in [4.69, 9.17) is 9.47 Å². The van der Waals surface area contributed by atoms with E-state index in [-0.39, 0.29) is 29.0 Å². The number of aliphatic carboxylic acids is 1. The highest BCUT2D eigenvalue weighted by atomic mass is 16.6. The molecule has 12 heteroatoms. The summed E-state index contributed by atoms with van der Waals surface area (Å²) in [5.74, 6) is -6.30. The summed E-state index contributed by atoms with van der Waals surface area (Å²) >= 11 is 0. The molecule has 12 nitrogen and oxygen atoms in total. The lowest BCUT2D eigenvalue weighted by molar-refractivity contribution is -0.159. The Balaban J connectivity index is 1.43. The van der Waals surface area contributed by atoms with Crippen molar-refractivity contribution in [2.45, 2.75) is 18.6 Å². The van der Waals surface area contributed by atoms with Crippen LogP contribution in [0.3, 0.4) is 0 Å². The Morgan fingerprint density at radius 3 is 1.58 bits per heavy atom. The molecule has 4 aromatic carbocycles. The van der Waals surface area contributed by atoms with Gasteiger partial charge in [0.25, 0.3) is 11.8 Å². The van der Waals surface area contributed by atoms with Crippen molar-refractivity contribution < 1.29 is 43.3 Å². The van der Waals surface area contributed by atoms with E-state index in [2.05, 4.69) is 10.7 Å². The number of hydrogen-bond acceptors (Lipinski definition) is 8. The van der Waals surface area contributed by atoms with Crippen molar-refractivity contribution >= 4 is 41.3 Å². The Bertz CT molecular complexity index is 1660. The average Bonchev–Trinajstić information content (AvgIpc) is 3.06. The maximum Gasteiger partial charge on any atom is 0.349 e. The summed E-state index contributed by atoms with van der Waals surface area (Å²) in [4.78, 5) is 75.7. The molecule has 0 heterocycles. The molecule has 2 atom stereocenters. The standard InChI is InChI=1S/C33H27N3O9/c37-26(20-21-10-4-1-5-11-21)34-25-18-16-22(17-19-25)29(38)35-36-30(39)27(44-32(42)23-12-6-2-7-13-23)28(31(40)41)45-33(43)24-14-8-3-9-15-24/h1-19,27-28H,20H2,(H,34,37)(H,35,38)(H,36,39)(H,40,41)/t27-,28+/m1/s1. The predicted molar refractivity (Wildman–Crippen MR) is 160 cm³/mol. The molecule has 0 aliphatic carbocycles. The van der Waals surface area contributed by atoms with Crippen LogP contribution in [-0.2, 0) is 30.3 Å². The second-order valence-electron chi connectivity index (χ2n) is 9.45. The van der Waals surface area contributed by atoms with Crippen LogP contribution in [0.2, 0.25) is 0 Å². The van der Waals surface area contributed by atoms with Crippen LogP contribution in [0.15, 0.2) is 115 Å². The van der Waals surface area contributed by atoms with Crippen LogP contribution in [0.25, 0.3) is 0 Å². The largest absolute Gasteiger partial charge is 0.478 e. The van der Waals surface area contributed by atoms with Crippen LogP contribution in [0.1, 0.15) is 36.6 Å². The van der Waals surface area contributed by atoms with Crippen LogP contribution in [0.4, 0.5) is 5.69 Å². The van der Waals surface area contributed by atoms with Crippen LogP contribution in [-0.4, -0.2) is 52.9 Å². The molecule has 0 unspecified atom stereocenters. The Kier molecular flexibility index (Phi) is 10.7. The van der Waals surface area contributed by atoms with Gasteiger partial charge in [-0.25, -0.2) is 14.4 Å². The van der Waals surface area contributed by atoms with E-state index < -0.39 is 41.9 Å². The molecule has 0 spiro atoms. The van der Waals surface area contributed by atoms with Gasteiger partial charge in [-0.2, -0.15) is 0 Å². The van der Waals surface area contributed by atoms with Gasteiger partial charge in [0.2, 0.25) is 18.1 Å². The number of amides is 3. The monoisotopic (exact) mass is 609 g/mol. The Hall–Kier alpha value is -6.30. The van der Waals surface area contributed by atoms with E-state index in [0.717, 1.165) is 5.56 Å². The highest BCUT2D eigenvalue weighted by molar-refractivity contribution is 5.99. The molecule has 0 aromatic heterocycles. The molecule has 4 N–H and O–H groups in total. The number of esters is 2. The van der Waals surface area contributed by atoms with Crippen molar-refractivity contribution in [2.24, 2.45) is 0 Å². The first-order chi connectivity index (χ1) is 21.7. The van der Waals surface area contributed by atoms with E-state index in [1.54, 1.807) is 12.1 Å². The number of carbonyl (C=O) groups is 6. The normalized spacial score (nSPS) is 11.6. The van der Waals surface area contributed by atoms with Crippen molar-refractivity contribution in [3.05, 3.63) is 138 Å². The summed E-state index contributed by atoms with van der Waals surface area (Å²) in [7, 11) is 0. The van der Waals surface area contributed by atoms with Crippen molar-refractivity contribution in [3.63, 3.8) is 0 Å². The molecule has 228 valence electrons. The highest BCUT2D eigenvalue weighted by Crippen LogP contribution is 2.14. The van der Waals surface area contributed by atoms with E-state index in [1.807, 2.05) is 35.8 Å². The third-order valence-electron chi connectivity index (χ3n) is 6.20. The summed E-state index contributed by atoms with van der Waals surface area (Å²) in [5, 5.41) is 12.6. The van der Waals surface area contributed by atoms with Crippen molar-refractivity contribution in [3.8, 4) is 0 Å². The van der Waals surface area contributed by atoms with Crippen molar-refractivity contribution in [1.82, 2.24) is 10.9 Å². The number of carbonyl (C=O) groups excluding carboxylic acids is 5. The fraction of sp³-hybridized carbons (Fsp3) is 0.0909. The lowest BCUT2D eigenvalue weighted by Crippen LogP contribution is -2.54. The van der Waals surface area contributed by atoms with Gasteiger partial charge in [0.05, 0.1) is 17.5 Å². The molecule has 0 saturated heterocycles. The zero-order valence-corrected chi connectivity index (χ0v) is 23.5. The quantitative estimate of drug-likeness (QED) is 0.147. The minimum absolute atomic E-state index is 0.00573. The Morgan fingerprint density at radius 2 is 1.07 bits per heavy atom. The number of benzene rings is 4. The van der Waals surface area contributed by atoms with Gasteiger partial charge >= 0.3 is 17.9 Å². The van der Waals surface area contributed by atoms with Crippen LogP contribution in [0.5, 0.6) is 0 Å². The van der Waals surface area contributed by atoms with Gasteiger partial charge in [-0.1, -0.05) is 66.7 Å². The molecule has 0 fully saturated rings. The molecule has 0 aliphatic heterocycles. The summed E-state index contributed by atoms with van der Waals surface area (Å²) in [6.45, 7) is 0.